The summed E-state index contributed by atoms with van der Waals surface area (Å²) in [6, 6.07) is 2.41. The van der Waals surface area contributed by atoms with Crippen molar-refractivity contribution in [1.29, 1.82) is 0 Å². The number of rotatable bonds is 2. The molecule has 2 aromatic rings. The van der Waals surface area contributed by atoms with Gasteiger partial charge in [0.25, 0.3) is 0 Å². The molecule has 1 aliphatic rings. The molecule has 1 N–H and O–H groups in total. The van der Waals surface area contributed by atoms with Crippen molar-refractivity contribution in [2.24, 2.45) is 0 Å². The lowest BCUT2D eigenvalue weighted by Crippen LogP contribution is -2.06. The van der Waals surface area contributed by atoms with Crippen LogP contribution in [-0.4, -0.2) is 14.8 Å². The van der Waals surface area contributed by atoms with Gasteiger partial charge in [0.1, 0.15) is 6.26 Å². The van der Waals surface area contributed by atoms with Gasteiger partial charge in [-0.2, -0.15) is 5.10 Å². The van der Waals surface area contributed by atoms with E-state index in [-0.39, 0.29) is 0 Å². The Labute approximate surface area is 98.3 Å². The summed E-state index contributed by atoms with van der Waals surface area (Å²) in [7, 11) is 0. The van der Waals surface area contributed by atoms with Crippen LogP contribution in [0.3, 0.4) is 0 Å². The lowest BCUT2D eigenvalue weighted by atomic mass is 10.2. The maximum absolute atomic E-state index is 5.30. The van der Waals surface area contributed by atoms with Crippen molar-refractivity contribution in [2.45, 2.75) is 31.7 Å². The molecule has 84 valence electrons. The maximum atomic E-state index is 5.30. The van der Waals surface area contributed by atoms with Gasteiger partial charge >= 0.3 is 0 Å². The summed E-state index contributed by atoms with van der Waals surface area (Å²) in [5.41, 5.74) is 0.985. The van der Waals surface area contributed by atoms with E-state index in [4.69, 9.17) is 16.6 Å². The molecule has 0 atom stereocenters. The summed E-state index contributed by atoms with van der Waals surface area (Å²) < 4.78 is 7.94. The number of aromatic amines is 1. The first-order chi connectivity index (χ1) is 7.86. The molecule has 5 heteroatoms. The van der Waals surface area contributed by atoms with Crippen LogP contribution in [0, 0.1) is 4.77 Å². The minimum Gasteiger partial charge on any atom is -0.472 e. The van der Waals surface area contributed by atoms with Crippen LogP contribution in [0.4, 0.5) is 0 Å². The van der Waals surface area contributed by atoms with Crippen LogP contribution in [0.2, 0.25) is 0 Å². The van der Waals surface area contributed by atoms with Crippen LogP contribution < -0.4 is 0 Å². The molecule has 0 bridgehead atoms. The smallest absolute Gasteiger partial charge is 0.195 e. The third kappa shape index (κ3) is 1.51. The first-order valence-electron chi connectivity index (χ1n) is 5.56. The maximum Gasteiger partial charge on any atom is 0.195 e. The van der Waals surface area contributed by atoms with E-state index in [9.17, 15) is 0 Å². The van der Waals surface area contributed by atoms with Crippen molar-refractivity contribution < 1.29 is 4.42 Å². The SMILES string of the molecule is S=c1[nH]nc(-c2ccoc2)n1C1CCCC1. The minimum atomic E-state index is 0.496. The van der Waals surface area contributed by atoms with E-state index < -0.39 is 0 Å². The lowest BCUT2D eigenvalue weighted by molar-refractivity contribution is 0.515. The Morgan fingerprint density at radius 2 is 2.25 bits per heavy atom. The fourth-order valence-electron chi connectivity index (χ4n) is 2.40. The number of furan rings is 1. The summed E-state index contributed by atoms with van der Waals surface area (Å²) in [5.74, 6) is 0.894. The van der Waals surface area contributed by atoms with Gasteiger partial charge in [-0.05, 0) is 31.1 Å². The van der Waals surface area contributed by atoms with Crippen LogP contribution in [0.25, 0.3) is 11.4 Å². The molecule has 1 saturated carbocycles. The van der Waals surface area contributed by atoms with Crippen molar-refractivity contribution in [3.63, 3.8) is 0 Å². The Hall–Kier alpha value is -1.36. The van der Waals surface area contributed by atoms with E-state index in [2.05, 4.69) is 14.8 Å². The number of aromatic nitrogens is 3. The van der Waals surface area contributed by atoms with Crippen molar-refractivity contribution in [1.82, 2.24) is 14.8 Å². The Balaban J connectivity index is 2.09. The fourth-order valence-corrected chi connectivity index (χ4v) is 2.68. The van der Waals surface area contributed by atoms with E-state index in [1.165, 1.54) is 25.7 Å². The molecule has 0 aliphatic heterocycles. The van der Waals surface area contributed by atoms with Crippen LogP contribution in [0.5, 0.6) is 0 Å². The molecule has 0 aromatic carbocycles. The van der Waals surface area contributed by atoms with E-state index in [1.807, 2.05) is 6.07 Å². The monoisotopic (exact) mass is 235 g/mol. The third-order valence-corrected chi connectivity index (χ3v) is 3.46. The van der Waals surface area contributed by atoms with Crippen molar-refractivity contribution in [2.75, 3.05) is 0 Å². The van der Waals surface area contributed by atoms with Crippen LogP contribution >= 0.6 is 12.2 Å². The quantitative estimate of drug-likeness (QED) is 0.812. The Kier molecular flexibility index (Phi) is 2.40. The summed E-state index contributed by atoms with van der Waals surface area (Å²) >= 11 is 5.30. The molecule has 4 nitrogen and oxygen atoms in total. The predicted molar refractivity (Wildman–Crippen MR) is 62.6 cm³/mol. The first kappa shape index (κ1) is 9.84. The number of H-pyrrole nitrogens is 1. The predicted octanol–water partition coefficient (Wildman–Crippen LogP) is 3.32. The third-order valence-electron chi connectivity index (χ3n) is 3.17. The molecule has 0 amide bonds. The zero-order valence-corrected chi connectivity index (χ0v) is 9.67. The molecule has 0 radical (unpaired) electrons. The molecular formula is C11H13N3OS. The zero-order valence-electron chi connectivity index (χ0n) is 8.85. The molecule has 3 rings (SSSR count). The molecule has 1 fully saturated rings. The number of nitrogens with zero attached hydrogens (tertiary/aromatic N) is 2. The van der Waals surface area contributed by atoms with E-state index in [0.29, 0.717) is 10.8 Å². The Bertz CT molecular complexity index is 520. The molecular weight excluding hydrogens is 222 g/mol. The zero-order chi connectivity index (χ0) is 11.0. The van der Waals surface area contributed by atoms with Gasteiger partial charge in [-0.3, -0.25) is 9.67 Å². The van der Waals surface area contributed by atoms with E-state index >= 15 is 0 Å². The van der Waals surface area contributed by atoms with Gasteiger partial charge in [0.05, 0.1) is 11.8 Å². The van der Waals surface area contributed by atoms with E-state index in [0.717, 1.165) is 11.4 Å². The van der Waals surface area contributed by atoms with Gasteiger partial charge in [0.2, 0.25) is 0 Å². The Morgan fingerprint density at radius 1 is 1.44 bits per heavy atom. The number of hydrogen-bond acceptors (Lipinski definition) is 3. The average Bonchev–Trinajstić information content (AvgIpc) is 2.96. The second-order valence-electron chi connectivity index (χ2n) is 4.17. The summed E-state index contributed by atoms with van der Waals surface area (Å²) in [5, 5.41) is 7.17. The fraction of sp³-hybridized carbons (Fsp3) is 0.455. The first-order valence-corrected chi connectivity index (χ1v) is 5.96. The standard InChI is InChI=1S/C11H13N3OS/c16-11-13-12-10(8-5-6-15-7-8)14(11)9-3-1-2-4-9/h5-7,9H,1-4H2,(H,13,16). The van der Waals surface area contributed by atoms with Gasteiger partial charge in [0, 0.05) is 6.04 Å². The van der Waals surface area contributed by atoms with Gasteiger partial charge in [-0.15, -0.1) is 0 Å². The van der Waals surface area contributed by atoms with Crippen LogP contribution in [0.1, 0.15) is 31.7 Å². The molecule has 0 spiro atoms. The van der Waals surface area contributed by atoms with Crippen molar-refractivity contribution in [3.8, 4) is 11.4 Å². The van der Waals surface area contributed by atoms with Gasteiger partial charge in [0.15, 0.2) is 10.6 Å². The highest BCUT2D eigenvalue weighted by atomic mass is 32.1. The molecule has 1 aliphatic carbocycles. The molecule has 2 heterocycles. The second kappa shape index (κ2) is 3.90. The topological polar surface area (TPSA) is 46.8 Å². The van der Waals surface area contributed by atoms with Crippen molar-refractivity contribution >= 4 is 12.2 Å². The van der Waals surface area contributed by atoms with Crippen molar-refractivity contribution in [3.05, 3.63) is 23.4 Å². The normalized spacial score (nSPS) is 17.0. The van der Waals surface area contributed by atoms with Gasteiger partial charge in [-0.1, -0.05) is 12.8 Å². The summed E-state index contributed by atoms with van der Waals surface area (Å²) in [6.07, 6.45) is 8.31. The van der Waals surface area contributed by atoms with Crippen LogP contribution in [-0.2, 0) is 0 Å². The highest BCUT2D eigenvalue weighted by Crippen LogP contribution is 2.33. The molecule has 2 aromatic heterocycles. The van der Waals surface area contributed by atoms with Crippen LogP contribution in [0.15, 0.2) is 23.0 Å². The molecule has 0 saturated heterocycles. The minimum absolute atomic E-state index is 0.496. The molecule has 0 unspecified atom stereocenters. The lowest BCUT2D eigenvalue weighted by Gasteiger charge is -2.12. The second-order valence-corrected chi connectivity index (χ2v) is 4.56. The number of hydrogen-bond donors (Lipinski definition) is 1. The molecule has 16 heavy (non-hydrogen) atoms. The summed E-state index contributed by atoms with van der Waals surface area (Å²) in [6.45, 7) is 0. The highest BCUT2D eigenvalue weighted by Gasteiger charge is 2.22. The van der Waals surface area contributed by atoms with E-state index in [1.54, 1.807) is 12.5 Å². The largest absolute Gasteiger partial charge is 0.472 e. The average molecular weight is 235 g/mol. The number of nitrogens with one attached hydrogen (secondary N) is 1. The Morgan fingerprint density at radius 3 is 2.94 bits per heavy atom. The van der Waals surface area contributed by atoms with Gasteiger partial charge < -0.3 is 4.42 Å². The van der Waals surface area contributed by atoms with Gasteiger partial charge in [-0.25, -0.2) is 0 Å². The highest BCUT2D eigenvalue weighted by molar-refractivity contribution is 7.71. The summed E-state index contributed by atoms with van der Waals surface area (Å²) in [4.78, 5) is 0.